The average Bonchev–Trinajstić information content (AvgIpc) is 2.65. The number of nitrogens with zero attached hydrogens (tertiary/aromatic N) is 6. The van der Waals surface area contributed by atoms with Gasteiger partial charge in [-0.25, -0.2) is 9.67 Å². The number of guanidine groups is 1. The fourth-order valence-corrected chi connectivity index (χ4v) is 1.47. The van der Waals surface area contributed by atoms with Crippen LogP contribution in [-0.4, -0.2) is 58.9 Å². The number of aliphatic imine (C=N–C) groups is 1. The van der Waals surface area contributed by atoms with Crippen molar-refractivity contribution in [2.24, 2.45) is 4.99 Å². The minimum Gasteiger partial charge on any atom is -0.349 e. The number of allylic oxidation sites excluding steroid dienone is 1. The maximum Gasteiger partial charge on any atom is 0.195 e. The molecule has 0 unspecified atom stereocenters. The van der Waals surface area contributed by atoms with E-state index in [-0.39, 0.29) is 0 Å². The lowest BCUT2D eigenvalue weighted by molar-refractivity contribution is 0.479. The molecule has 0 aromatic carbocycles. The van der Waals surface area contributed by atoms with Crippen LogP contribution in [0.25, 0.3) is 0 Å². The van der Waals surface area contributed by atoms with Crippen LogP contribution in [0.5, 0.6) is 0 Å². The van der Waals surface area contributed by atoms with Crippen LogP contribution >= 0.6 is 0 Å². The Morgan fingerprint density at radius 3 is 2.59 bits per heavy atom. The molecular formula is C11H20N6. The van der Waals surface area contributed by atoms with Crippen molar-refractivity contribution in [1.29, 1.82) is 0 Å². The molecule has 0 fully saturated rings. The van der Waals surface area contributed by atoms with E-state index in [9.17, 15) is 0 Å². The summed E-state index contributed by atoms with van der Waals surface area (Å²) in [5.41, 5.74) is 0.855. The van der Waals surface area contributed by atoms with E-state index in [0.717, 1.165) is 11.7 Å². The van der Waals surface area contributed by atoms with Crippen LogP contribution in [-0.2, 0) is 13.1 Å². The molecule has 6 nitrogen and oxygen atoms in total. The molecule has 0 spiro atoms. The Kier molecular flexibility index (Phi) is 4.68. The Morgan fingerprint density at radius 1 is 1.41 bits per heavy atom. The summed E-state index contributed by atoms with van der Waals surface area (Å²) in [6, 6.07) is 0. The molecule has 0 atom stereocenters. The molecule has 0 N–H and O–H groups in total. The summed E-state index contributed by atoms with van der Waals surface area (Å²) in [7, 11) is 7.86. The largest absolute Gasteiger partial charge is 0.349 e. The molecule has 1 heterocycles. The lowest BCUT2D eigenvalue weighted by atomic mass is 10.5. The van der Waals surface area contributed by atoms with E-state index < -0.39 is 0 Å². The van der Waals surface area contributed by atoms with Crippen molar-refractivity contribution >= 4 is 5.96 Å². The van der Waals surface area contributed by atoms with E-state index in [1.165, 1.54) is 0 Å². The number of hydrogen-bond donors (Lipinski definition) is 0. The van der Waals surface area contributed by atoms with Gasteiger partial charge in [0.15, 0.2) is 5.96 Å². The van der Waals surface area contributed by atoms with Gasteiger partial charge in [-0.15, -0.1) is 11.7 Å². The van der Waals surface area contributed by atoms with Crippen LogP contribution in [0.2, 0.25) is 0 Å². The van der Waals surface area contributed by atoms with Gasteiger partial charge in [0.1, 0.15) is 5.69 Å². The summed E-state index contributed by atoms with van der Waals surface area (Å²) in [6.07, 6.45) is 3.67. The third-order valence-electron chi connectivity index (χ3n) is 2.08. The zero-order valence-corrected chi connectivity index (χ0v) is 11.0. The molecule has 0 saturated heterocycles. The van der Waals surface area contributed by atoms with Gasteiger partial charge in [-0.05, 0) is 0 Å². The summed E-state index contributed by atoms with van der Waals surface area (Å²) in [5, 5.41) is 8.02. The number of aromatic nitrogens is 3. The molecule has 0 saturated carbocycles. The standard InChI is InChI=1S/C11H20N6/c1-6-7-17-9-10(13-14-17)8-12-11(15(2)3)16(4)5/h6,9H,1,7-8H2,2-5H3. The molecule has 1 aromatic heterocycles. The van der Waals surface area contributed by atoms with Gasteiger partial charge < -0.3 is 9.80 Å². The third-order valence-corrected chi connectivity index (χ3v) is 2.08. The van der Waals surface area contributed by atoms with Gasteiger partial charge in [-0.1, -0.05) is 11.3 Å². The highest BCUT2D eigenvalue weighted by Gasteiger charge is 2.05. The molecule has 17 heavy (non-hydrogen) atoms. The van der Waals surface area contributed by atoms with Gasteiger partial charge in [-0.2, -0.15) is 0 Å². The normalized spacial score (nSPS) is 9.88. The van der Waals surface area contributed by atoms with Crippen molar-refractivity contribution < 1.29 is 0 Å². The van der Waals surface area contributed by atoms with E-state index in [2.05, 4.69) is 21.9 Å². The molecule has 0 aliphatic rings. The second kappa shape index (κ2) is 6.03. The quantitative estimate of drug-likeness (QED) is 0.432. The Hall–Kier alpha value is -1.85. The molecule has 0 aliphatic carbocycles. The van der Waals surface area contributed by atoms with Crippen molar-refractivity contribution in [3.8, 4) is 0 Å². The zero-order chi connectivity index (χ0) is 12.8. The SMILES string of the molecule is C=CCn1cc(CN=C(N(C)C)N(C)C)nn1. The molecule has 1 rings (SSSR count). The van der Waals surface area contributed by atoms with Crippen LogP contribution in [0.3, 0.4) is 0 Å². The minimum absolute atomic E-state index is 0.531. The highest BCUT2D eigenvalue weighted by atomic mass is 15.4. The molecule has 6 heteroatoms. The van der Waals surface area contributed by atoms with E-state index in [1.807, 2.05) is 44.2 Å². The Morgan fingerprint density at radius 2 is 2.06 bits per heavy atom. The topological polar surface area (TPSA) is 49.6 Å². The fourth-order valence-electron chi connectivity index (χ4n) is 1.47. The van der Waals surface area contributed by atoms with Crippen LogP contribution in [0.4, 0.5) is 0 Å². The van der Waals surface area contributed by atoms with Crippen LogP contribution in [0, 0.1) is 0 Å². The first-order chi connectivity index (χ1) is 8.04. The lowest BCUT2D eigenvalue weighted by Crippen LogP contribution is -2.35. The fraction of sp³-hybridized carbons (Fsp3) is 0.545. The first kappa shape index (κ1) is 13.2. The van der Waals surface area contributed by atoms with E-state index in [1.54, 1.807) is 10.8 Å². The van der Waals surface area contributed by atoms with Crippen molar-refractivity contribution in [3.05, 3.63) is 24.5 Å². The van der Waals surface area contributed by atoms with Crippen molar-refractivity contribution in [1.82, 2.24) is 24.8 Å². The summed E-state index contributed by atoms with van der Waals surface area (Å²) in [5.74, 6) is 0.906. The molecule has 94 valence electrons. The van der Waals surface area contributed by atoms with Gasteiger partial charge >= 0.3 is 0 Å². The van der Waals surface area contributed by atoms with Crippen LogP contribution < -0.4 is 0 Å². The van der Waals surface area contributed by atoms with Crippen LogP contribution in [0.1, 0.15) is 5.69 Å². The van der Waals surface area contributed by atoms with Crippen molar-refractivity contribution in [3.63, 3.8) is 0 Å². The highest BCUT2D eigenvalue weighted by Crippen LogP contribution is 1.98. The van der Waals surface area contributed by atoms with Gasteiger partial charge in [0.2, 0.25) is 0 Å². The lowest BCUT2D eigenvalue weighted by Gasteiger charge is -2.22. The smallest absolute Gasteiger partial charge is 0.195 e. The maximum atomic E-state index is 4.49. The number of hydrogen-bond acceptors (Lipinski definition) is 3. The second-order valence-electron chi connectivity index (χ2n) is 4.13. The van der Waals surface area contributed by atoms with E-state index in [4.69, 9.17) is 0 Å². The first-order valence-corrected chi connectivity index (χ1v) is 5.43. The zero-order valence-electron chi connectivity index (χ0n) is 11.0. The van der Waals surface area contributed by atoms with E-state index >= 15 is 0 Å². The summed E-state index contributed by atoms with van der Waals surface area (Å²) >= 11 is 0. The van der Waals surface area contributed by atoms with E-state index in [0.29, 0.717) is 13.1 Å². The molecule has 1 aromatic rings. The Labute approximate surface area is 102 Å². The van der Waals surface area contributed by atoms with Gasteiger partial charge in [-0.3, -0.25) is 0 Å². The predicted octanol–water partition coefficient (Wildman–Crippen LogP) is 0.443. The molecule has 0 amide bonds. The highest BCUT2D eigenvalue weighted by molar-refractivity contribution is 5.79. The second-order valence-corrected chi connectivity index (χ2v) is 4.13. The summed E-state index contributed by atoms with van der Waals surface area (Å²) < 4.78 is 1.74. The minimum atomic E-state index is 0.531. The Bertz CT molecular complexity index is 380. The average molecular weight is 236 g/mol. The van der Waals surface area contributed by atoms with Gasteiger partial charge in [0, 0.05) is 28.2 Å². The predicted molar refractivity (Wildman–Crippen MR) is 68.7 cm³/mol. The van der Waals surface area contributed by atoms with Gasteiger partial charge in [0.05, 0.1) is 19.3 Å². The summed E-state index contributed by atoms with van der Waals surface area (Å²) in [4.78, 5) is 8.43. The monoisotopic (exact) mass is 236 g/mol. The van der Waals surface area contributed by atoms with Crippen LogP contribution in [0.15, 0.2) is 23.8 Å². The molecular weight excluding hydrogens is 216 g/mol. The molecule has 0 aliphatic heterocycles. The molecule has 0 radical (unpaired) electrons. The van der Waals surface area contributed by atoms with Crippen molar-refractivity contribution in [2.75, 3.05) is 28.2 Å². The first-order valence-electron chi connectivity index (χ1n) is 5.43. The summed E-state index contributed by atoms with van der Waals surface area (Å²) in [6.45, 7) is 4.86. The maximum absolute atomic E-state index is 4.49. The molecule has 0 bridgehead atoms. The third kappa shape index (κ3) is 3.90. The number of rotatable bonds is 4. The Balaban J connectivity index is 2.69. The van der Waals surface area contributed by atoms with Gasteiger partial charge in [0.25, 0.3) is 0 Å². The van der Waals surface area contributed by atoms with Crippen molar-refractivity contribution in [2.45, 2.75) is 13.1 Å².